The fraction of sp³-hybridized carbons (Fsp3) is 0.160. The van der Waals surface area contributed by atoms with E-state index in [1.165, 1.54) is 0 Å². The molecule has 0 fully saturated rings. The Labute approximate surface area is 186 Å². The molecule has 3 aromatic carbocycles. The highest BCUT2D eigenvalue weighted by Crippen LogP contribution is 2.19. The summed E-state index contributed by atoms with van der Waals surface area (Å²) < 4.78 is 5.35. The third-order valence-corrected chi connectivity index (χ3v) is 5.01. The monoisotopic (exact) mass is 428 g/mol. The number of aliphatic imine (C=N–C) groups is 1. The Balaban J connectivity index is 1.38. The van der Waals surface area contributed by atoms with Crippen molar-refractivity contribution in [3.8, 4) is 5.75 Å². The van der Waals surface area contributed by atoms with E-state index in [0.717, 1.165) is 22.4 Å². The van der Waals surface area contributed by atoms with Gasteiger partial charge in [-0.2, -0.15) is 0 Å². The second-order valence-electron chi connectivity index (χ2n) is 7.56. The standard InChI is InChI=1S/C25H24N4O3/c1-17-3-9-20(10-4-17)27-24(30)29-16-15-26-23(29)19-7-13-22(14-8-19)32-25(31)28-21-11-5-18(2)6-12-21/h3-14H,15-16H2,1-2H3,(H,27,30)(H,28,31). The lowest BCUT2D eigenvalue weighted by Crippen LogP contribution is -2.38. The van der Waals surface area contributed by atoms with Gasteiger partial charge >= 0.3 is 12.1 Å². The average molecular weight is 428 g/mol. The third-order valence-electron chi connectivity index (χ3n) is 5.01. The minimum atomic E-state index is -0.570. The molecule has 0 saturated carbocycles. The van der Waals surface area contributed by atoms with E-state index in [1.807, 2.05) is 62.4 Å². The Hall–Kier alpha value is -4.13. The van der Waals surface area contributed by atoms with Gasteiger partial charge in [0.1, 0.15) is 11.6 Å². The molecule has 0 saturated heterocycles. The quantitative estimate of drug-likeness (QED) is 0.598. The van der Waals surface area contributed by atoms with Gasteiger partial charge in [-0.1, -0.05) is 35.4 Å². The first kappa shape index (κ1) is 21.1. The predicted molar refractivity (Wildman–Crippen MR) is 126 cm³/mol. The summed E-state index contributed by atoms with van der Waals surface area (Å²) in [6, 6.07) is 21.8. The Kier molecular flexibility index (Phi) is 6.17. The summed E-state index contributed by atoms with van der Waals surface area (Å²) >= 11 is 0. The van der Waals surface area contributed by atoms with E-state index in [-0.39, 0.29) is 6.03 Å². The van der Waals surface area contributed by atoms with Crippen LogP contribution in [0.4, 0.5) is 21.0 Å². The van der Waals surface area contributed by atoms with Gasteiger partial charge in [-0.15, -0.1) is 0 Å². The van der Waals surface area contributed by atoms with Crippen LogP contribution in [-0.2, 0) is 0 Å². The molecule has 3 amide bonds. The number of hydrogen-bond donors (Lipinski definition) is 2. The third kappa shape index (κ3) is 5.13. The van der Waals surface area contributed by atoms with E-state index in [0.29, 0.717) is 30.4 Å². The number of aryl methyl sites for hydroxylation is 2. The molecule has 0 unspecified atom stereocenters. The zero-order chi connectivity index (χ0) is 22.5. The van der Waals surface area contributed by atoms with Gasteiger partial charge in [-0.25, -0.2) is 9.59 Å². The van der Waals surface area contributed by atoms with Crippen molar-refractivity contribution >= 4 is 29.3 Å². The molecule has 0 radical (unpaired) electrons. The van der Waals surface area contributed by atoms with Crippen molar-refractivity contribution in [2.75, 3.05) is 23.7 Å². The first-order valence-corrected chi connectivity index (χ1v) is 10.3. The summed E-state index contributed by atoms with van der Waals surface area (Å²) in [5.74, 6) is 0.984. The van der Waals surface area contributed by atoms with Gasteiger partial charge in [-0.3, -0.25) is 15.2 Å². The lowest BCUT2D eigenvalue weighted by atomic mass is 10.2. The van der Waals surface area contributed by atoms with Crippen LogP contribution in [0.15, 0.2) is 77.8 Å². The van der Waals surface area contributed by atoms with Gasteiger partial charge in [0, 0.05) is 23.5 Å². The molecule has 0 bridgehead atoms. The van der Waals surface area contributed by atoms with E-state index in [2.05, 4.69) is 15.6 Å². The van der Waals surface area contributed by atoms with Crippen LogP contribution >= 0.6 is 0 Å². The molecule has 1 heterocycles. The molecule has 0 aliphatic carbocycles. The fourth-order valence-corrected chi connectivity index (χ4v) is 3.28. The average Bonchev–Trinajstić information content (AvgIpc) is 3.28. The molecule has 0 spiro atoms. The number of hydrogen-bond acceptors (Lipinski definition) is 4. The summed E-state index contributed by atoms with van der Waals surface area (Å²) in [4.78, 5) is 31.0. The summed E-state index contributed by atoms with van der Waals surface area (Å²) in [6.07, 6.45) is -0.570. The van der Waals surface area contributed by atoms with E-state index in [9.17, 15) is 9.59 Å². The second-order valence-corrected chi connectivity index (χ2v) is 7.56. The molecule has 1 aliphatic rings. The van der Waals surface area contributed by atoms with Crippen LogP contribution < -0.4 is 15.4 Å². The molecule has 7 heteroatoms. The number of carbonyl (C=O) groups excluding carboxylic acids is 2. The van der Waals surface area contributed by atoms with Gasteiger partial charge < -0.3 is 10.1 Å². The molecule has 4 rings (SSSR count). The van der Waals surface area contributed by atoms with Crippen LogP contribution in [0, 0.1) is 13.8 Å². The summed E-state index contributed by atoms with van der Waals surface area (Å²) in [5, 5.41) is 5.59. The number of carbonyl (C=O) groups is 2. The maximum Gasteiger partial charge on any atom is 0.417 e. The molecule has 32 heavy (non-hydrogen) atoms. The Morgan fingerprint density at radius 2 is 1.38 bits per heavy atom. The van der Waals surface area contributed by atoms with Crippen LogP contribution in [0.3, 0.4) is 0 Å². The number of rotatable bonds is 4. The number of amidine groups is 1. The van der Waals surface area contributed by atoms with Crippen molar-refractivity contribution in [2.24, 2.45) is 4.99 Å². The predicted octanol–water partition coefficient (Wildman–Crippen LogP) is 5.21. The van der Waals surface area contributed by atoms with Gasteiger partial charge in [0.15, 0.2) is 0 Å². The topological polar surface area (TPSA) is 83.0 Å². The zero-order valence-corrected chi connectivity index (χ0v) is 18.0. The van der Waals surface area contributed by atoms with E-state index in [4.69, 9.17) is 4.74 Å². The second kappa shape index (κ2) is 9.34. The van der Waals surface area contributed by atoms with Crippen molar-refractivity contribution in [1.29, 1.82) is 0 Å². The molecule has 0 atom stereocenters. The largest absolute Gasteiger partial charge is 0.417 e. The lowest BCUT2D eigenvalue weighted by Gasteiger charge is -2.19. The maximum atomic E-state index is 12.7. The zero-order valence-electron chi connectivity index (χ0n) is 18.0. The first-order valence-electron chi connectivity index (χ1n) is 10.3. The van der Waals surface area contributed by atoms with Crippen LogP contribution in [0.25, 0.3) is 0 Å². The highest BCUT2D eigenvalue weighted by atomic mass is 16.6. The van der Waals surface area contributed by atoms with Crippen molar-refractivity contribution in [2.45, 2.75) is 13.8 Å². The van der Waals surface area contributed by atoms with Gasteiger partial charge in [0.05, 0.1) is 6.54 Å². The molecule has 3 aromatic rings. The van der Waals surface area contributed by atoms with E-state index < -0.39 is 6.09 Å². The van der Waals surface area contributed by atoms with E-state index >= 15 is 0 Å². The lowest BCUT2D eigenvalue weighted by molar-refractivity contribution is 0.215. The number of benzene rings is 3. The summed E-state index contributed by atoms with van der Waals surface area (Å²) in [7, 11) is 0. The van der Waals surface area contributed by atoms with Gasteiger partial charge in [0.2, 0.25) is 0 Å². The molecule has 7 nitrogen and oxygen atoms in total. The van der Waals surface area contributed by atoms with Crippen molar-refractivity contribution in [1.82, 2.24) is 4.90 Å². The summed E-state index contributed by atoms with van der Waals surface area (Å²) in [5.41, 5.74) is 4.40. The minimum absolute atomic E-state index is 0.233. The number of nitrogens with one attached hydrogen (secondary N) is 2. The Morgan fingerprint density at radius 3 is 1.97 bits per heavy atom. The number of nitrogens with zero attached hydrogens (tertiary/aromatic N) is 2. The Bertz CT molecular complexity index is 1140. The number of urea groups is 1. The van der Waals surface area contributed by atoms with Crippen LogP contribution in [-0.4, -0.2) is 35.9 Å². The molecular weight excluding hydrogens is 404 g/mol. The SMILES string of the molecule is Cc1ccc(NC(=O)Oc2ccc(C3=NCCN3C(=O)Nc3ccc(C)cc3)cc2)cc1. The smallest absolute Gasteiger partial charge is 0.410 e. The van der Waals surface area contributed by atoms with Crippen LogP contribution in [0.2, 0.25) is 0 Å². The maximum absolute atomic E-state index is 12.7. The van der Waals surface area contributed by atoms with Crippen molar-refractivity contribution in [3.05, 3.63) is 89.5 Å². The minimum Gasteiger partial charge on any atom is -0.410 e. The number of amides is 3. The van der Waals surface area contributed by atoms with E-state index in [1.54, 1.807) is 29.2 Å². The molecular formula is C25H24N4O3. The van der Waals surface area contributed by atoms with Crippen LogP contribution in [0.5, 0.6) is 5.75 Å². The number of ether oxygens (including phenoxy) is 1. The summed E-state index contributed by atoms with van der Waals surface area (Å²) in [6.45, 7) is 5.01. The Morgan fingerprint density at radius 1 is 0.812 bits per heavy atom. The highest BCUT2D eigenvalue weighted by molar-refractivity contribution is 6.11. The highest BCUT2D eigenvalue weighted by Gasteiger charge is 2.25. The molecule has 162 valence electrons. The molecule has 2 N–H and O–H groups in total. The van der Waals surface area contributed by atoms with Gasteiger partial charge in [0.25, 0.3) is 0 Å². The van der Waals surface area contributed by atoms with Crippen molar-refractivity contribution < 1.29 is 14.3 Å². The normalized spacial score (nSPS) is 12.8. The number of anilines is 2. The van der Waals surface area contributed by atoms with Crippen LogP contribution in [0.1, 0.15) is 16.7 Å². The molecule has 1 aliphatic heterocycles. The van der Waals surface area contributed by atoms with Crippen molar-refractivity contribution in [3.63, 3.8) is 0 Å². The molecule has 0 aromatic heterocycles. The first-order chi connectivity index (χ1) is 15.5. The fourth-order valence-electron chi connectivity index (χ4n) is 3.28. The van der Waals surface area contributed by atoms with Gasteiger partial charge in [-0.05, 0) is 62.4 Å².